The van der Waals surface area contributed by atoms with Crippen molar-refractivity contribution in [2.75, 3.05) is 0 Å². The third-order valence-corrected chi connectivity index (χ3v) is 13.8. The average molecular weight is 988 g/mol. The number of rotatable bonds is 13. The predicted octanol–water partition coefficient (Wildman–Crippen LogP) is 10.8. The van der Waals surface area contributed by atoms with Gasteiger partial charge in [0.15, 0.2) is 0 Å². The topological polar surface area (TPSA) is 247 Å². The lowest BCUT2D eigenvalue weighted by Crippen LogP contribution is -2.32. The maximum absolute atomic E-state index is 11.7. The number of aliphatic carboxylic acids is 3. The van der Waals surface area contributed by atoms with Crippen LogP contribution in [0.3, 0.4) is 0 Å². The Bertz CT molecular complexity index is 3480. The third kappa shape index (κ3) is 10.6. The molecule has 74 heavy (non-hydrogen) atoms. The number of hydrogen-bond donors (Lipinski definition) is 8. The Morgan fingerprint density at radius 1 is 0.419 bits per heavy atom. The van der Waals surface area contributed by atoms with Crippen molar-refractivity contribution in [2.24, 2.45) is 17.2 Å². The molecule has 13 heteroatoms. The summed E-state index contributed by atoms with van der Waals surface area (Å²) in [5.41, 5.74) is 34.9. The van der Waals surface area contributed by atoms with E-state index in [4.69, 9.17) is 27.2 Å². The molecule has 0 spiro atoms. The van der Waals surface area contributed by atoms with Gasteiger partial charge in [0.2, 0.25) is 0 Å². The number of carbonyl (C=O) groups is 3. The molecule has 3 atom stereocenters. The number of fused-ring (bicyclic) bond motifs is 8. The maximum Gasteiger partial charge on any atom is 0.320 e. The maximum atomic E-state index is 11.7. The number of nitrogens with one attached hydrogen (secondary N) is 2. The number of nitrogens with zero attached hydrogens (tertiary/aromatic N) is 2. The number of hydrogen-bond acceptors (Lipinski definition) is 8. The fourth-order valence-electron chi connectivity index (χ4n) is 9.50. The van der Waals surface area contributed by atoms with E-state index in [9.17, 15) is 29.7 Å². The molecule has 0 aliphatic carbocycles. The highest BCUT2D eigenvalue weighted by Gasteiger charge is 2.25. The zero-order valence-electron chi connectivity index (χ0n) is 42.3. The molecule has 9 rings (SSSR count). The second-order valence-electron chi connectivity index (χ2n) is 21.3. The highest BCUT2D eigenvalue weighted by Crippen LogP contribution is 2.41. The molecule has 0 saturated carbocycles. The van der Waals surface area contributed by atoms with E-state index >= 15 is 0 Å². The zero-order valence-corrected chi connectivity index (χ0v) is 42.3. The van der Waals surface area contributed by atoms with Gasteiger partial charge in [0, 0.05) is 44.3 Å². The third-order valence-electron chi connectivity index (χ3n) is 13.8. The summed E-state index contributed by atoms with van der Waals surface area (Å²) in [5, 5.41) is 28.7. The molecule has 0 fully saturated rings. The first-order valence-electron chi connectivity index (χ1n) is 24.7. The monoisotopic (exact) mass is 987 g/mol. The number of aromatic amines is 2. The van der Waals surface area contributed by atoms with Crippen LogP contribution in [-0.2, 0) is 44.5 Å². The molecule has 11 N–H and O–H groups in total. The van der Waals surface area contributed by atoms with E-state index < -0.39 is 36.0 Å². The van der Waals surface area contributed by atoms with Crippen LogP contribution in [0.1, 0.15) is 92.1 Å². The van der Waals surface area contributed by atoms with Crippen molar-refractivity contribution in [3.8, 4) is 44.5 Å². The molecule has 0 radical (unpaired) electrons. The smallest absolute Gasteiger partial charge is 0.320 e. The summed E-state index contributed by atoms with van der Waals surface area (Å²) in [5.74, 6) is -3.22. The van der Waals surface area contributed by atoms with Gasteiger partial charge in [-0.25, -0.2) is 9.97 Å². The zero-order chi connectivity index (χ0) is 52.8. The Hall–Kier alpha value is -8.23. The molecule has 0 saturated heterocycles. The molecule has 3 aromatic heterocycles. The van der Waals surface area contributed by atoms with Crippen molar-refractivity contribution < 1.29 is 29.7 Å². The van der Waals surface area contributed by atoms with Gasteiger partial charge in [-0.1, -0.05) is 133 Å². The molecular weight excluding hydrogens is 927 g/mol. The first-order valence-corrected chi connectivity index (χ1v) is 24.7. The van der Waals surface area contributed by atoms with Gasteiger partial charge in [-0.15, -0.1) is 0 Å². The molecule has 5 heterocycles. The van der Waals surface area contributed by atoms with Gasteiger partial charge >= 0.3 is 17.9 Å². The molecule has 13 nitrogen and oxygen atoms in total. The van der Waals surface area contributed by atoms with Crippen molar-refractivity contribution in [1.29, 1.82) is 0 Å². The Balaban J connectivity index is 1.39. The summed E-state index contributed by atoms with van der Waals surface area (Å²) in [7, 11) is 0. The predicted molar refractivity (Wildman–Crippen MR) is 296 cm³/mol. The van der Waals surface area contributed by atoms with Gasteiger partial charge in [-0.05, 0) is 129 Å². The summed E-state index contributed by atoms with van der Waals surface area (Å²) in [4.78, 5) is 53.7. The van der Waals surface area contributed by atoms with Crippen LogP contribution in [-0.4, -0.2) is 71.3 Å². The number of carboxylic acids is 3. The fourth-order valence-corrected chi connectivity index (χ4v) is 9.50. The van der Waals surface area contributed by atoms with Crippen LogP contribution in [0.25, 0.3) is 90.9 Å². The Morgan fingerprint density at radius 2 is 0.676 bits per heavy atom. The number of aromatic nitrogens is 4. The normalized spacial score (nSPS) is 13.7. The van der Waals surface area contributed by atoms with Crippen LogP contribution in [0.4, 0.5) is 0 Å². The highest BCUT2D eigenvalue weighted by atomic mass is 16.4. The minimum atomic E-state index is -1.08. The SMILES string of the molecule is CC(C)(C)c1cc(-c2c3nc(c(-c4ccc(C[C@H](N)C(=O)O)cc4)c4ccc([nH]4)c(-c4ccc(C[C@H](N)C(=O)O)cc4)c4nc(c(-c5ccc(C[C@H](N)C(=O)O)cc5)c5ccc2[nH]5)C=C4)C=C3)cc(C(C)(C)C)c1. The Labute approximate surface area is 429 Å². The first-order chi connectivity index (χ1) is 35.1. The minimum Gasteiger partial charge on any atom is -0.480 e. The lowest BCUT2D eigenvalue weighted by molar-refractivity contribution is -0.139. The van der Waals surface area contributed by atoms with E-state index in [0.29, 0.717) is 17.1 Å². The summed E-state index contributed by atoms with van der Waals surface area (Å²) >= 11 is 0. The van der Waals surface area contributed by atoms with Crippen molar-refractivity contribution >= 4 is 64.3 Å². The van der Waals surface area contributed by atoms with Gasteiger partial charge in [-0.3, -0.25) is 14.4 Å². The minimum absolute atomic E-state index is 0.154. The molecule has 8 bridgehead atoms. The summed E-state index contributed by atoms with van der Waals surface area (Å²) in [6.45, 7) is 13.3. The Morgan fingerprint density at radius 3 is 0.919 bits per heavy atom. The molecule has 376 valence electrons. The molecule has 2 aliphatic rings. The average Bonchev–Trinajstić information content (AvgIpc) is 4.21. The van der Waals surface area contributed by atoms with Gasteiger partial charge in [0.1, 0.15) is 18.1 Å². The standard InChI is InChI=1S/C61H61N7O6/c1-60(2,3)40-30-39(31-41(32-40)61(4,5)6)56-51-25-23-49(67-51)54(37-15-9-34(10-16-37)28-43(63)58(71)72)47-21-19-45(65-47)53(36-13-7-33(8-14-36)27-42(62)57(69)70)46-20-22-48(66-46)55(50-24-26-52(56)68-50)38-17-11-35(12-18-38)29-44(64)59(73)74/h7-26,30-32,42-44,65,68H,27-29,62-64H2,1-6H3,(H,69,70)(H,71,72)(H,73,74)/t42-,43-,44-/m0/s1. The number of H-pyrrole nitrogens is 2. The van der Waals surface area contributed by atoms with Crippen LogP contribution < -0.4 is 17.2 Å². The number of nitrogens with two attached hydrogens (primary N) is 3. The van der Waals surface area contributed by atoms with Crippen molar-refractivity contribution in [3.63, 3.8) is 0 Å². The van der Waals surface area contributed by atoms with Crippen LogP contribution >= 0.6 is 0 Å². The van der Waals surface area contributed by atoms with E-state index in [0.717, 1.165) is 89.0 Å². The second-order valence-corrected chi connectivity index (χ2v) is 21.3. The molecular formula is C61H61N7O6. The van der Waals surface area contributed by atoms with E-state index in [2.05, 4.69) is 87.9 Å². The summed E-state index contributed by atoms with van der Waals surface area (Å²) < 4.78 is 0. The second kappa shape index (κ2) is 20.0. The van der Waals surface area contributed by atoms with Crippen LogP contribution in [0.2, 0.25) is 0 Å². The van der Waals surface area contributed by atoms with E-state index in [1.54, 1.807) is 0 Å². The van der Waals surface area contributed by atoms with Crippen molar-refractivity contribution in [3.05, 3.63) is 166 Å². The van der Waals surface area contributed by atoms with Crippen molar-refractivity contribution in [1.82, 2.24) is 19.9 Å². The van der Waals surface area contributed by atoms with Crippen LogP contribution in [0.15, 0.2) is 115 Å². The molecule has 7 aromatic rings. The van der Waals surface area contributed by atoms with Gasteiger partial charge in [0.05, 0.1) is 22.8 Å². The lowest BCUT2D eigenvalue weighted by atomic mass is 9.79. The quantitative estimate of drug-likeness (QED) is 0.0540. The number of carboxylic acid groups (broad SMARTS) is 3. The summed E-state index contributed by atoms with van der Waals surface area (Å²) in [6, 6.07) is 35.0. The number of benzene rings is 4. The van der Waals surface area contributed by atoms with Crippen LogP contribution in [0, 0.1) is 0 Å². The van der Waals surface area contributed by atoms with E-state index in [-0.39, 0.29) is 30.1 Å². The van der Waals surface area contributed by atoms with Crippen molar-refractivity contribution in [2.45, 2.75) is 89.8 Å². The van der Waals surface area contributed by atoms with Gasteiger partial charge in [-0.2, -0.15) is 0 Å². The molecule has 2 aliphatic heterocycles. The molecule has 4 aromatic carbocycles. The fraction of sp³-hybridized carbons (Fsp3) is 0.230. The Kier molecular flexibility index (Phi) is 13.7. The largest absolute Gasteiger partial charge is 0.480 e. The first kappa shape index (κ1) is 50.7. The van der Waals surface area contributed by atoms with Crippen LogP contribution in [0.5, 0.6) is 0 Å². The summed E-state index contributed by atoms with van der Waals surface area (Å²) in [6.07, 6.45) is 8.55. The van der Waals surface area contributed by atoms with Gasteiger partial charge in [0.25, 0.3) is 0 Å². The van der Waals surface area contributed by atoms with E-state index in [1.165, 1.54) is 11.1 Å². The lowest BCUT2D eigenvalue weighted by Gasteiger charge is -2.26. The molecule has 0 unspecified atom stereocenters. The van der Waals surface area contributed by atoms with E-state index in [1.807, 2.05) is 103 Å². The highest BCUT2D eigenvalue weighted by molar-refractivity contribution is 6.00. The van der Waals surface area contributed by atoms with Gasteiger partial charge < -0.3 is 42.5 Å². The molecule has 0 amide bonds.